The lowest BCUT2D eigenvalue weighted by atomic mass is 10.2. The van der Waals surface area contributed by atoms with Crippen LogP contribution >= 0.6 is 15.9 Å². The molecule has 4 nitrogen and oxygen atoms in total. The molecule has 2 rings (SSSR count). The highest BCUT2D eigenvalue weighted by molar-refractivity contribution is 9.10. The summed E-state index contributed by atoms with van der Waals surface area (Å²) in [7, 11) is 0. The molecule has 1 atom stereocenters. The summed E-state index contributed by atoms with van der Waals surface area (Å²) in [6.45, 7) is 11.7. The number of aromatic nitrogens is 2. The first-order valence-corrected chi connectivity index (χ1v) is 7.08. The summed E-state index contributed by atoms with van der Waals surface area (Å²) in [5, 5.41) is 8.01. The summed E-state index contributed by atoms with van der Waals surface area (Å²) in [5.74, 6) is 0. The number of aryl methyl sites for hydroxylation is 2. The lowest BCUT2D eigenvalue weighted by molar-refractivity contribution is 0.194. The minimum absolute atomic E-state index is 0.585. The first-order valence-electron chi connectivity index (χ1n) is 6.29. The Hall–Kier alpha value is -0.390. The molecular weight excluding hydrogens is 280 g/mol. The zero-order chi connectivity index (χ0) is 12.4. The molecule has 1 aromatic heterocycles. The van der Waals surface area contributed by atoms with E-state index < -0.39 is 0 Å². The van der Waals surface area contributed by atoms with E-state index in [1.807, 2.05) is 0 Å². The third-order valence-electron chi connectivity index (χ3n) is 3.28. The van der Waals surface area contributed by atoms with Crippen LogP contribution in [0.15, 0.2) is 4.47 Å². The summed E-state index contributed by atoms with van der Waals surface area (Å²) in [6, 6.07) is 0.585. The molecule has 0 radical (unpaired) electrons. The third-order valence-corrected chi connectivity index (χ3v) is 4.31. The first-order chi connectivity index (χ1) is 8.11. The van der Waals surface area contributed by atoms with Crippen LogP contribution in [0.2, 0.25) is 0 Å². The molecule has 96 valence electrons. The molecule has 0 spiro atoms. The van der Waals surface area contributed by atoms with Crippen molar-refractivity contribution in [3.63, 3.8) is 0 Å². The van der Waals surface area contributed by atoms with Gasteiger partial charge in [-0.1, -0.05) is 0 Å². The Morgan fingerprint density at radius 1 is 1.53 bits per heavy atom. The van der Waals surface area contributed by atoms with Crippen LogP contribution in [0.1, 0.15) is 25.2 Å². The fraction of sp³-hybridized carbons (Fsp3) is 0.750. The summed E-state index contributed by atoms with van der Waals surface area (Å²) in [5.41, 5.74) is 2.39. The van der Waals surface area contributed by atoms with E-state index in [4.69, 9.17) is 0 Å². The molecule has 17 heavy (non-hydrogen) atoms. The van der Waals surface area contributed by atoms with Gasteiger partial charge < -0.3 is 5.32 Å². The number of halogens is 1. The standard InChI is InChI=1S/C12H21BrN4/c1-4-17-11(12(13)10(3)15-17)8-16-6-5-14-9(2)7-16/h9,14H,4-8H2,1-3H3/t9-/m0/s1. The van der Waals surface area contributed by atoms with Gasteiger partial charge in [-0.15, -0.1) is 0 Å². The Balaban J connectivity index is 2.12. The Labute approximate surface area is 111 Å². The van der Waals surface area contributed by atoms with Crippen LogP contribution < -0.4 is 5.32 Å². The van der Waals surface area contributed by atoms with Crippen LogP contribution in [0, 0.1) is 6.92 Å². The summed E-state index contributed by atoms with van der Waals surface area (Å²) >= 11 is 3.66. The van der Waals surface area contributed by atoms with Crippen molar-refractivity contribution in [3.05, 3.63) is 15.9 Å². The predicted molar refractivity (Wildman–Crippen MR) is 73.1 cm³/mol. The molecule has 1 fully saturated rings. The van der Waals surface area contributed by atoms with Crippen molar-refractivity contribution in [2.75, 3.05) is 19.6 Å². The second-order valence-corrected chi connectivity index (χ2v) is 5.55. The molecule has 0 aromatic carbocycles. The van der Waals surface area contributed by atoms with Gasteiger partial charge in [0.25, 0.3) is 0 Å². The lowest BCUT2D eigenvalue weighted by Gasteiger charge is -2.31. The zero-order valence-corrected chi connectivity index (χ0v) is 12.4. The molecule has 2 heterocycles. The molecule has 1 saturated heterocycles. The van der Waals surface area contributed by atoms with E-state index in [0.29, 0.717) is 6.04 Å². The molecule has 5 heteroatoms. The molecule has 0 saturated carbocycles. The SMILES string of the molecule is CCn1nc(C)c(Br)c1CN1CCN[C@@H](C)C1. The number of nitrogens with one attached hydrogen (secondary N) is 1. The average Bonchev–Trinajstić information content (AvgIpc) is 2.57. The van der Waals surface area contributed by atoms with Gasteiger partial charge in [-0.2, -0.15) is 5.10 Å². The fourth-order valence-electron chi connectivity index (χ4n) is 2.39. The van der Waals surface area contributed by atoms with E-state index in [2.05, 4.69) is 56.7 Å². The van der Waals surface area contributed by atoms with Crippen LogP contribution in [0.4, 0.5) is 0 Å². The van der Waals surface area contributed by atoms with E-state index in [-0.39, 0.29) is 0 Å². The number of hydrogen-bond donors (Lipinski definition) is 1. The maximum Gasteiger partial charge on any atom is 0.0739 e. The van der Waals surface area contributed by atoms with Gasteiger partial charge in [-0.25, -0.2) is 0 Å². The molecule has 1 aromatic rings. The van der Waals surface area contributed by atoms with E-state index in [0.717, 1.165) is 38.4 Å². The third kappa shape index (κ3) is 2.89. The van der Waals surface area contributed by atoms with Gasteiger partial charge in [0.15, 0.2) is 0 Å². The molecule has 0 bridgehead atoms. The highest BCUT2D eigenvalue weighted by Crippen LogP contribution is 2.22. The van der Waals surface area contributed by atoms with Gasteiger partial charge in [-0.05, 0) is 36.7 Å². The second-order valence-electron chi connectivity index (χ2n) is 4.75. The summed E-state index contributed by atoms with van der Waals surface area (Å²) in [4.78, 5) is 2.49. The monoisotopic (exact) mass is 300 g/mol. The van der Waals surface area contributed by atoms with Crippen molar-refractivity contribution in [2.24, 2.45) is 0 Å². The quantitative estimate of drug-likeness (QED) is 0.923. The van der Waals surface area contributed by atoms with E-state index in [1.54, 1.807) is 0 Å². The van der Waals surface area contributed by atoms with Gasteiger partial charge in [0.1, 0.15) is 0 Å². The molecule has 0 amide bonds. The average molecular weight is 301 g/mol. The normalized spacial score (nSPS) is 22.0. The largest absolute Gasteiger partial charge is 0.312 e. The molecule has 0 aliphatic carbocycles. The molecule has 1 aliphatic rings. The highest BCUT2D eigenvalue weighted by Gasteiger charge is 2.19. The fourth-order valence-corrected chi connectivity index (χ4v) is 2.80. The van der Waals surface area contributed by atoms with Crippen LogP contribution in [-0.4, -0.2) is 40.4 Å². The van der Waals surface area contributed by atoms with Gasteiger partial charge in [-0.3, -0.25) is 9.58 Å². The lowest BCUT2D eigenvalue weighted by Crippen LogP contribution is -2.48. The van der Waals surface area contributed by atoms with E-state index in [1.165, 1.54) is 10.2 Å². The van der Waals surface area contributed by atoms with Crippen LogP contribution in [0.5, 0.6) is 0 Å². The topological polar surface area (TPSA) is 33.1 Å². The second kappa shape index (κ2) is 5.50. The van der Waals surface area contributed by atoms with Crippen molar-refractivity contribution < 1.29 is 0 Å². The maximum absolute atomic E-state index is 4.54. The molecule has 1 aliphatic heterocycles. The van der Waals surface area contributed by atoms with Gasteiger partial charge in [0.2, 0.25) is 0 Å². The van der Waals surface area contributed by atoms with Crippen LogP contribution in [0.25, 0.3) is 0 Å². The number of nitrogens with zero attached hydrogens (tertiary/aromatic N) is 3. The van der Waals surface area contributed by atoms with Gasteiger partial charge in [0.05, 0.1) is 15.9 Å². The van der Waals surface area contributed by atoms with Crippen LogP contribution in [-0.2, 0) is 13.1 Å². The Morgan fingerprint density at radius 2 is 2.29 bits per heavy atom. The highest BCUT2D eigenvalue weighted by atomic mass is 79.9. The van der Waals surface area contributed by atoms with Gasteiger partial charge >= 0.3 is 0 Å². The van der Waals surface area contributed by atoms with Crippen molar-refractivity contribution in [1.82, 2.24) is 20.0 Å². The van der Waals surface area contributed by atoms with Crippen LogP contribution in [0.3, 0.4) is 0 Å². The number of hydrogen-bond acceptors (Lipinski definition) is 3. The maximum atomic E-state index is 4.54. The van der Waals surface area contributed by atoms with Crippen molar-refractivity contribution >= 4 is 15.9 Å². The minimum atomic E-state index is 0.585. The van der Waals surface area contributed by atoms with Crippen molar-refractivity contribution in [2.45, 2.75) is 39.9 Å². The van der Waals surface area contributed by atoms with E-state index >= 15 is 0 Å². The Morgan fingerprint density at radius 3 is 2.94 bits per heavy atom. The first kappa shape index (κ1) is 13.1. The van der Waals surface area contributed by atoms with Crippen molar-refractivity contribution in [1.29, 1.82) is 0 Å². The predicted octanol–water partition coefficient (Wildman–Crippen LogP) is 1.77. The number of rotatable bonds is 3. The smallest absolute Gasteiger partial charge is 0.0739 e. The molecule has 0 unspecified atom stereocenters. The summed E-state index contributed by atoms with van der Waals surface area (Å²) < 4.78 is 3.28. The molecule has 1 N–H and O–H groups in total. The van der Waals surface area contributed by atoms with Gasteiger partial charge in [0, 0.05) is 38.8 Å². The summed E-state index contributed by atoms with van der Waals surface area (Å²) in [6.07, 6.45) is 0. The van der Waals surface area contributed by atoms with Crippen molar-refractivity contribution in [3.8, 4) is 0 Å². The minimum Gasteiger partial charge on any atom is -0.312 e. The Kier molecular flexibility index (Phi) is 4.22. The number of piperazine rings is 1. The molecular formula is C12H21BrN4. The zero-order valence-electron chi connectivity index (χ0n) is 10.8. The van der Waals surface area contributed by atoms with E-state index in [9.17, 15) is 0 Å². The Bertz CT molecular complexity index is 388.